The minimum Gasteiger partial charge on any atom is -0.455 e. The lowest BCUT2D eigenvalue weighted by Crippen LogP contribution is -2.30. The van der Waals surface area contributed by atoms with Gasteiger partial charge in [-0.25, -0.2) is 0 Å². The van der Waals surface area contributed by atoms with Gasteiger partial charge in [-0.15, -0.1) is 0 Å². The number of hydrogen-bond acceptors (Lipinski definition) is 2. The third-order valence-corrected chi connectivity index (χ3v) is 13.7. The average Bonchev–Trinajstić information content (AvgIpc) is 3.90. The summed E-state index contributed by atoms with van der Waals surface area (Å²) in [6, 6.07) is 76.7. The molecule has 1 heterocycles. The van der Waals surface area contributed by atoms with E-state index >= 15 is 0 Å². The van der Waals surface area contributed by atoms with Crippen LogP contribution in [0.3, 0.4) is 0 Å². The molecule has 0 N–H and O–H groups in total. The van der Waals surface area contributed by atoms with Crippen LogP contribution in [0.2, 0.25) is 0 Å². The summed E-state index contributed by atoms with van der Waals surface area (Å²) in [7, 11) is 0. The first-order valence-corrected chi connectivity index (χ1v) is 22.9. The van der Waals surface area contributed by atoms with Gasteiger partial charge in [0.2, 0.25) is 0 Å². The van der Waals surface area contributed by atoms with Crippen LogP contribution in [-0.4, -0.2) is 5.71 Å². The lowest BCUT2D eigenvalue weighted by Gasteiger charge is -2.36. The van der Waals surface area contributed by atoms with Crippen molar-refractivity contribution in [3.63, 3.8) is 0 Å². The Labute approximate surface area is 387 Å². The smallest absolute Gasteiger partial charge is 0.143 e. The maximum atomic E-state index is 6.40. The second kappa shape index (κ2) is 16.8. The molecule has 316 valence electrons. The van der Waals surface area contributed by atoms with Gasteiger partial charge in [0.1, 0.15) is 11.2 Å². The van der Waals surface area contributed by atoms with Gasteiger partial charge < -0.3 is 4.42 Å². The van der Waals surface area contributed by atoms with Gasteiger partial charge in [0.15, 0.2) is 0 Å². The van der Waals surface area contributed by atoms with E-state index in [9.17, 15) is 0 Å². The first kappa shape index (κ1) is 40.7. The molecule has 0 saturated heterocycles. The molecule has 10 aromatic rings. The Morgan fingerprint density at radius 3 is 1.68 bits per heavy atom. The Hall–Kier alpha value is -8.07. The second-order valence-corrected chi connectivity index (χ2v) is 17.4. The number of aliphatic imine (C=N–C) groups is 1. The van der Waals surface area contributed by atoms with Crippen molar-refractivity contribution in [2.75, 3.05) is 0 Å². The largest absolute Gasteiger partial charge is 0.455 e. The van der Waals surface area contributed by atoms with Crippen LogP contribution in [0.1, 0.15) is 63.9 Å². The zero-order valence-electron chi connectivity index (χ0n) is 37.7. The van der Waals surface area contributed by atoms with Crippen LogP contribution in [0.25, 0.3) is 66.6 Å². The first-order valence-electron chi connectivity index (χ1n) is 22.9. The molecule has 2 heteroatoms. The highest BCUT2D eigenvalue weighted by atomic mass is 16.3. The molecule has 1 aliphatic carbocycles. The predicted octanol–water partition coefficient (Wildman–Crippen LogP) is 16.9. The molecule has 0 fully saturated rings. The lowest BCUT2D eigenvalue weighted by molar-refractivity contribution is 0.670. The highest BCUT2D eigenvalue weighted by Crippen LogP contribution is 2.57. The predicted molar refractivity (Wildman–Crippen MR) is 278 cm³/mol. The second-order valence-electron chi connectivity index (χ2n) is 17.4. The Morgan fingerprint density at radius 2 is 0.985 bits per heavy atom. The number of para-hydroxylation sites is 2. The number of allylic oxidation sites excluding steroid dienone is 3. The van der Waals surface area contributed by atoms with Crippen molar-refractivity contribution in [1.82, 2.24) is 0 Å². The summed E-state index contributed by atoms with van der Waals surface area (Å²) in [5.74, 6) is 0. The molecular formula is C64H49NO. The molecule has 0 bridgehead atoms. The Bertz CT molecular complexity index is 3500. The van der Waals surface area contributed by atoms with Crippen molar-refractivity contribution in [2.24, 2.45) is 4.99 Å². The third-order valence-electron chi connectivity index (χ3n) is 13.7. The summed E-state index contributed by atoms with van der Waals surface area (Å²) < 4.78 is 6.40. The summed E-state index contributed by atoms with van der Waals surface area (Å²) in [6.45, 7) is 8.76. The summed E-state index contributed by atoms with van der Waals surface area (Å²) >= 11 is 0. The molecule has 9 aromatic carbocycles. The van der Waals surface area contributed by atoms with Gasteiger partial charge in [0.25, 0.3) is 0 Å². The SMILES string of the molecule is C/C=C(/C=C(\N=C(C)c1ccccc1)c1ccc(-c2cccc(C3(c4ccccc4C)c4ccccc4-c4ccccc43)c2C)cc1)c1ccc(-c2cccc3c2oc2ccccc23)cc1. The van der Waals surface area contributed by atoms with E-state index in [1.54, 1.807) is 0 Å². The molecular weight excluding hydrogens is 799 g/mol. The third kappa shape index (κ3) is 6.77. The lowest BCUT2D eigenvalue weighted by atomic mass is 9.65. The average molecular weight is 848 g/mol. The summed E-state index contributed by atoms with van der Waals surface area (Å²) in [6.07, 6.45) is 4.40. The van der Waals surface area contributed by atoms with Crippen LogP contribution >= 0.6 is 0 Å². The fourth-order valence-corrected chi connectivity index (χ4v) is 10.5. The molecule has 1 aromatic heterocycles. The number of furan rings is 1. The Kier molecular flexibility index (Phi) is 10.4. The quantitative estimate of drug-likeness (QED) is 0.105. The van der Waals surface area contributed by atoms with Crippen molar-refractivity contribution in [2.45, 2.75) is 33.1 Å². The van der Waals surface area contributed by atoms with E-state index in [1.165, 1.54) is 55.6 Å². The van der Waals surface area contributed by atoms with E-state index < -0.39 is 5.41 Å². The highest BCUT2D eigenvalue weighted by molar-refractivity contribution is 6.09. The van der Waals surface area contributed by atoms with Crippen molar-refractivity contribution in [3.05, 3.63) is 275 Å². The standard InChI is InChI=1S/C64H49NO/c1-5-45(47-33-35-49(36-34-47)52-26-17-27-56-55-24-12-16-32-62(55)66-63(52)56)41-61(65-44(4)46-20-7-6-8-21-46)50-39-37-48(38-40-50)51-25-18-31-58(43(51)3)64(57-28-13-9-19-42(57)2)59-29-14-10-22-53(59)54-23-11-15-30-60(54)64/h5-41H,1-4H3/b45-5-,61-41-,65-44?. The van der Waals surface area contributed by atoms with Crippen molar-refractivity contribution >= 4 is 38.9 Å². The van der Waals surface area contributed by atoms with Gasteiger partial charge in [-0.3, -0.25) is 4.99 Å². The van der Waals surface area contributed by atoms with Crippen LogP contribution in [0.5, 0.6) is 0 Å². The maximum absolute atomic E-state index is 6.40. The first-order chi connectivity index (χ1) is 32.4. The minimum atomic E-state index is -0.472. The topological polar surface area (TPSA) is 25.5 Å². The monoisotopic (exact) mass is 847 g/mol. The molecule has 0 aliphatic heterocycles. The number of rotatable bonds is 9. The normalized spacial score (nSPS) is 13.5. The van der Waals surface area contributed by atoms with Crippen molar-refractivity contribution in [3.8, 4) is 33.4 Å². The molecule has 0 spiro atoms. The number of fused-ring (bicyclic) bond motifs is 6. The van der Waals surface area contributed by atoms with Crippen LogP contribution in [0.4, 0.5) is 0 Å². The molecule has 0 unspecified atom stereocenters. The van der Waals surface area contributed by atoms with Gasteiger partial charge in [0.05, 0.1) is 11.1 Å². The van der Waals surface area contributed by atoms with E-state index in [0.717, 1.165) is 66.7 Å². The summed E-state index contributed by atoms with van der Waals surface area (Å²) in [4.78, 5) is 5.35. The van der Waals surface area contributed by atoms with Gasteiger partial charge in [-0.1, -0.05) is 212 Å². The molecule has 2 nitrogen and oxygen atoms in total. The summed E-state index contributed by atoms with van der Waals surface area (Å²) in [5, 5.41) is 2.27. The number of nitrogens with zero attached hydrogens (tertiary/aromatic N) is 1. The molecule has 0 radical (unpaired) electrons. The number of aryl methyl sites for hydroxylation is 1. The molecule has 0 amide bonds. The maximum Gasteiger partial charge on any atom is 0.143 e. The zero-order valence-corrected chi connectivity index (χ0v) is 37.7. The fraction of sp³-hybridized carbons (Fsp3) is 0.0781. The van der Waals surface area contributed by atoms with Crippen LogP contribution in [0, 0.1) is 13.8 Å². The van der Waals surface area contributed by atoms with Crippen LogP contribution in [-0.2, 0) is 5.41 Å². The zero-order chi connectivity index (χ0) is 44.8. The molecule has 1 aliphatic rings. The molecule has 66 heavy (non-hydrogen) atoms. The molecule has 11 rings (SSSR count). The van der Waals surface area contributed by atoms with E-state index in [2.05, 4.69) is 234 Å². The van der Waals surface area contributed by atoms with Crippen LogP contribution < -0.4 is 0 Å². The van der Waals surface area contributed by atoms with E-state index in [4.69, 9.17) is 9.41 Å². The minimum absolute atomic E-state index is 0.472. The Morgan fingerprint density at radius 1 is 0.455 bits per heavy atom. The van der Waals surface area contributed by atoms with Crippen molar-refractivity contribution < 1.29 is 4.42 Å². The van der Waals surface area contributed by atoms with Gasteiger partial charge >= 0.3 is 0 Å². The van der Waals surface area contributed by atoms with Gasteiger partial charge in [-0.2, -0.15) is 0 Å². The molecule has 0 saturated carbocycles. The highest BCUT2D eigenvalue weighted by Gasteiger charge is 2.47. The van der Waals surface area contributed by atoms with E-state index in [-0.39, 0.29) is 0 Å². The Balaban J connectivity index is 0.989. The van der Waals surface area contributed by atoms with Crippen LogP contribution in [0.15, 0.2) is 234 Å². The van der Waals surface area contributed by atoms with Crippen molar-refractivity contribution in [1.29, 1.82) is 0 Å². The van der Waals surface area contributed by atoms with E-state index in [1.807, 2.05) is 18.2 Å². The fourth-order valence-electron chi connectivity index (χ4n) is 10.5. The molecule has 0 atom stereocenters. The number of hydrogen-bond donors (Lipinski definition) is 0. The van der Waals surface area contributed by atoms with Gasteiger partial charge in [0, 0.05) is 27.6 Å². The number of benzene rings is 9. The van der Waals surface area contributed by atoms with Gasteiger partial charge in [-0.05, 0) is 118 Å². The van der Waals surface area contributed by atoms with E-state index in [0.29, 0.717) is 0 Å². The summed E-state index contributed by atoms with van der Waals surface area (Å²) in [5.41, 5.74) is 22.6.